The highest BCUT2D eigenvalue weighted by Gasteiger charge is 2.47. The van der Waals surface area contributed by atoms with Crippen LogP contribution in [0.5, 0.6) is 11.5 Å². The predicted octanol–water partition coefficient (Wildman–Crippen LogP) is 2.45. The van der Waals surface area contributed by atoms with Crippen LogP contribution in [0.3, 0.4) is 0 Å². The van der Waals surface area contributed by atoms with E-state index in [0.717, 1.165) is 12.8 Å². The SMILES string of the molecule is O=C1C(=O)N(CC2CCCO2)C(c2cccnc2)C1=C(O)c1ccc2c(c1)OCCO2. The first-order valence-corrected chi connectivity index (χ1v) is 10.3. The minimum atomic E-state index is -0.744. The van der Waals surface area contributed by atoms with Crippen molar-refractivity contribution in [1.29, 1.82) is 0 Å². The van der Waals surface area contributed by atoms with Crippen LogP contribution < -0.4 is 9.47 Å². The number of aliphatic hydroxyl groups is 1. The Morgan fingerprint density at radius 2 is 1.97 bits per heavy atom. The number of hydrogen-bond acceptors (Lipinski definition) is 7. The maximum Gasteiger partial charge on any atom is 0.295 e. The summed E-state index contributed by atoms with van der Waals surface area (Å²) < 4.78 is 16.8. The average Bonchev–Trinajstić information content (AvgIpc) is 3.41. The number of likely N-dealkylation sites (tertiary alicyclic amines) is 1. The number of benzene rings is 1. The van der Waals surface area contributed by atoms with Crippen molar-refractivity contribution < 1.29 is 28.9 Å². The van der Waals surface area contributed by atoms with Gasteiger partial charge in [0.15, 0.2) is 11.5 Å². The van der Waals surface area contributed by atoms with Crippen LogP contribution in [0.25, 0.3) is 5.76 Å². The molecule has 2 fully saturated rings. The van der Waals surface area contributed by atoms with Gasteiger partial charge in [0.05, 0.1) is 17.7 Å². The Labute approximate surface area is 179 Å². The highest BCUT2D eigenvalue weighted by atomic mass is 16.6. The first-order valence-electron chi connectivity index (χ1n) is 10.3. The van der Waals surface area contributed by atoms with Gasteiger partial charge in [0, 0.05) is 31.1 Å². The number of Topliss-reactive ketones (excluding diaryl/α,β-unsaturated/α-hetero) is 1. The number of carbonyl (C=O) groups is 2. The number of carbonyl (C=O) groups excluding carboxylic acids is 2. The Morgan fingerprint density at radius 1 is 1.13 bits per heavy atom. The van der Waals surface area contributed by atoms with Gasteiger partial charge < -0.3 is 24.2 Å². The van der Waals surface area contributed by atoms with E-state index in [-0.39, 0.29) is 24.0 Å². The molecule has 8 nitrogen and oxygen atoms in total. The third-order valence-electron chi connectivity index (χ3n) is 5.78. The number of aliphatic hydroxyl groups excluding tert-OH is 1. The van der Waals surface area contributed by atoms with Gasteiger partial charge in [-0.2, -0.15) is 0 Å². The zero-order valence-electron chi connectivity index (χ0n) is 16.8. The molecule has 2 saturated heterocycles. The molecular formula is C23H22N2O6. The molecule has 8 heteroatoms. The van der Waals surface area contributed by atoms with Crippen molar-refractivity contribution in [3.05, 3.63) is 59.4 Å². The molecule has 5 rings (SSSR count). The molecular weight excluding hydrogens is 400 g/mol. The van der Waals surface area contributed by atoms with Gasteiger partial charge in [-0.15, -0.1) is 0 Å². The minimum absolute atomic E-state index is 0.0349. The Morgan fingerprint density at radius 3 is 2.71 bits per heavy atom. The van der Waals surface area contributed by atoms with Crippen LogP contribution in [-0.2, 0) is 14.3 Å². The van der Waals surface area contributed by atoms with Crippen molar-refractivity contribution in [2.75, 3.05) is 26.4 Å². The van der Waals surface area contributed by atoms with E-state index < -0.39 is 17.7 Å². The van der Waals surface area contributed by atoms with Gasteiger partial charge in [-0.1, -0.05) is 6.07 Å². The van der Waals surface area contributed by atoms with Crippen molar-refractivity contribution >= 4 is 17.4 Å². The van der Waals surface area contributed by atoms with Crippen molar-refractivity contribution in [2.24, 2.45) is 0 Å². The summed E-state index contributed by atoms with van der Waals surface area (Å²) in [5.74, 6) is -0.561. The van der Waals surface area contributed by atoms with Gasteiger partial charge in [-0.05, 0) is 42.7 Å². The van der Waals surface area contributed by atoms with Gasteiger partial charge in [0.2, 0.25) is 0 Å². The summed E-state index contributed by atoms with van der Waals surface area (Å²) in [5.41, 5.74) is 1.07. The van der Waals surface area contributed by atoms with Crippen LogP contribution in [0.15, 0.2) is 48.3 Å². The summed E-state index contributed by atoms with van der Waals surface area (Å²) >= 11 is 0. The molecule has 4 heterocycles. The van der Waals surface area contributed by atoms with Crippen LogP contribution in [0.4, 0.5) is 0 Å². The highest BCUT2D eigenvalue weighted by Crippen LogP contribution is 2.41. The largest absolute Gasteiger partial charge is 0.507 e. The molecule has 2 unspecified atom stereocenters. The van der Waals surface area contributed by atoms with Gasteiger partial charge in [0.1, 0.15) is 19.0 Å². The Kier molecular flexibility index (Phi) is 5.07. The number of rotatable bonds is 4. The summed E-state index contributed by atoms with van der Waals surface area (Å²) in [4.78, 5) is 31.7. The fraction of sp³-hybridized carbons (Fsp3) is 0.348. The summed E-state index contributed by atoms with van der Waals surface area (Å²) in [6.07, 6.45) is 4.84. The third kappa shape index (κ3) is 3.53. The van der Waals surface area contributed by atoms with Crippen LogP contribution in [0.1, 0.15) is 30.0 Å². The number of aromatic nitrogens is 1. The fourth-order valence-corrected chi connectivity index (χ4v) is 4.31. The molecule has 1 amide bonds. The Balaban J connectivity index is 1.59. The van der Waals surface area contributed by atoms with E-state index in [1.165, 1.54) is 4.90 Å². The zero-order chi connectivity index (χ0) is 21.4. The van der Waals surface area contributed by atoms with Gasteiger partial charge in [-0.3, -0.25) is 14.6 Å². The number of amides is 1. The molecule has 0 aliphatic carbocycles. The number of ether oxygens (including phenoxy) is 3. The Hall–Kier alpha value is -3.39. The number of fused-ring (bicyclic) bond motifs is 1. The van der Waals surface area contributed by atoms with E-state index in [0.29, 0.717) is 42.4 Å². The van der Waals surface area contributed by atoms with Crippen molar-refractivity contribution in [3.63, 3.8) is 0 Å². The minimum Gasteiger partial charge on any atom is -0.507 e. The van der Waals surface area contributed by atoms with E-state index in [4.69, 9.17) is 14.2 Å². The molecule has 2 aromatic rings. The predicted molar refractivity (Wildman–Crippen MR) is 110 cm³/mol. The maximum atomic E-state index is 13.1. The fourth-order valence-electron chi connectivity index (χ4n) is 4.31. The lowest BCUT2D eigenvalue weighted by atomic mass is 9.96. The lowest BCUT2D eigenvalue weighted by molar-refractivity contribution is -0.140. The molecule has 1 aromatic carbocycles. The van der Waals surface area contributed by atoms with Crippen LogP contribution >= 0.6 is 0 Å². The van der Waals surface area contributed by atoms with Gasteiger partial charge in [0.25, 0.3) is 11.7 Å². The molecule has 1 aromatic heterocycles. The zero-order valence-corrected chi connectivity index (χ0v) is 16.8. The smallest absolute Gasteiger partial charge is 0.295 e. The molecule has 3 aliphatic rings. The molecule has 160 valence electrons. The first kappa shape index (κ1) is 19.6. The average molecular weight is 422 g/mol. The molecule has 0 saturated carbocycles. The second-order valence-electron chi connectivity index (χ2n) is 7.73. The van der Waals surface area contributed by atoms with E-state index in [2.05, 4.69) is 4.98 Å². The molecule has 31 heavy (non-hydrogen) atoms. The molecule has 0 radical (unpaired) electrons. The standard InChI is InChI=1S/C23H22N2O6/c26-21(14-5-6-17-18(11-14)31-10-9-30-17)19-20(15-3-1-7-24-12-15)25(23(28)22(19)27)13-16-4-2-8-29-16/h1,3,5-7,11-12,16,20,26H,2,4,8-10,13H2. The second-order valence-corrected chi connectivity index (χ2v) is 7.73. The Bertz CT molecular complexity index is 1050. The monoisotopic (exact) mass is 422 g/mol. The van der Waals surface area contributed by atoms with Crippen molar-refractivity contribution in [1.82, 2.24) is 9.88 Å². The van der Waals surface area contributed by atoms with E-state index in [1.54, 1.807) is 42.7 Å². The summed E-state index contributed by atoms with van der Waals surface area (Å²) in [6.45, 7) is 1.78. The van der Waals surface area contributed by atoms with E-state index in [9.17, 15) is 14.7 Å². The number of ketones is 1. The lowest BCUT2D eigenvalue weighted by Gasteiger charge is -2.27. The lowest BCUT2D eigenvalue weighted by Crippen LogP contribution is -2.36. The molecule has 0 spiro atoms. The highest BCUT2D eigenvalue weighted by molar-refractivity contribution is 6.46. The van der Waals surface area contributed by atoms with E-state index in [1.807, 2.05) is 0 Å². The number of hydrogen-bond donors (Lipinski definition) is 1. The van der Waals surface area contributed by atoms with E-state index >= 15 is 0 Å². The molecule has 0 bridgehead atoms. The molecule has 2 atom stereocenters. The summed E-state index contributed by atoms with van der Waals surface area (Å²) in [6, 6.07) is 7.75. The van der Waals surface area contributed by atoms with Crippen LogP contribution in [0.2, 0.25) is 0 Å². The summed E-state index contributed by atoms with van der Waals surface area (Å²) in [5, 5.41) is 11.2. The number of nitrogens with zero attached hydrogens (tertiary/aromatic N) is 2. The quantitative estimate of drug-likeness (QED) is 0.459. The van der Waals surface area contributed by atoms with Gasteiger partial charge >= 0.3 is 0 Å². The topological polar surface area (TPSA) is 98.2 Å². The van der Waals surface area contributed by atoms with Crippen molar-refractivity contribution in [3.8, 4) is 11.5 Å². The second kappa shape index (κ2) is 8.03. The number of pyridine rings is 1. The molecule has 3 aliphatic heterocycles. The third-order valence-corrected chi connectivity index (χ3v) is 5.78. The molecule has 1 N–H and O–H groups in total. The van der Waals surface area contributed by atoms with Gasteiger partial charge in [-0.25, -0.2) is 0 Å². The summed E-state index contributed by atoms with van der Waals surface area (Å²) in [7, 11) is 0. The first-order chi connectivity index (χ1) is 15.1. The maximum absolute atomic E-state index is 13.1. The van der Waals surface area contributed by atoms with Crippen LogP contribution in [0, 0.1) is 0 Å². The van der Waals surface area contributed by atoms with Crippen molar-refractivity contribution in [2.45, 2.75) is 25.0 Å². The normalized spacial score (nSPS) is 24.6. The van der Waals surface area contributed by atoms with Crippen LogP contribution in [-0.4, -0.2) is 59.2 Å².